The zero-order valence-corrected chi connectivity index (χ0v) is 20.8. The van der Waals surface area contributed by atoms with Crippen molar-refractivity contribution >= 4 is 28.5 Å². The van der Waals surface area contributed by atoms with Gasteiger partial charge in [-0.2, -0.15) is 9.49 Å². The fraction of sp³-hybridized carbons (Fsp3) is 0.259. The van der Waals surface area contributed by atoms with Crippen LogP contribution in [-0.4, -0.2) is 42.8 Å². The molecule has 5 aromatic rings. The fourth-order valence-corrected chi connectivity index (χ4v) is 4.83. The van der Waals surface area contributed by atoms with Crippen LogP contribution in [0, 0.1) is 5.95 Å². The molecule has 8 nitrogen and oxygen atoms in total. The van der Waals surface area contributed by atoms with Gasteiger partial charge in [0, 0.05) is 59.8 Å². The van der Waals surface area contributed by atoms with Crippen molar-refractivity contribution in [1.29, 1.82) is 0 Å². The van der Waals surface area contributed by atoms with Crippen molar-refractivity contribution in [1.82, 2.24) is 35.0 Å². The Labute approximate surface area is 218 Å². The molecule has 1 fully saturated rings. The third-order valence-electron chi connectivity index (χ3n) is 6.80. The van der Waals surface area contributed by atoms with Crippen molar-refractivity contribution in [3.8, 4) is 11.1 Å². The van der Waals surface area contributed by atoms with Gasteiger partial charge in [-0.05, 0) is 55.3 Å². The minimum absolute atomic E-state index is 0.402. The van der Waals surface area contributed by atoms with Gasteiger partial charge in [0.15, 0.2) is 0 Å². The largest absolute Gasteiger partial charge is 0.366 e. The molecule has 0 unspecified atom stereocenters. The highest BCUT2D eigenvalue weighted by atomic mass is 35.5. The number of H-pyrrole nitrogens is 1. The van der Waals surface area contributed by atoms with E-state index in [-0.39, 0.29) is 0 Å². The van der Waals surface area contributed by atoms with E-state index >= 15 is 0 Å². The molecule has 6 rings (SSSR count). The van der Waals surface area contributed by atoms with Gasteiger partial charge in [-0.15, -0.1) is 0 Å². The van der Waals surface area contributed by atoms with Crippen LogP contribution in [0.5, 0.6) is 0 Å². The molecule has 37 heavy (non-hydrogen) atoms. The van der Waals surface area contributed by atoms with E-state index in [0.717, 1.165) is 59.2 Å². The molecular weight excluding hydrogens is 491 g/mol. The zero-order chi connectivity index (χ0) is 25.2. The van der Waals surface area contributed by atoms with Crippen molar-refractivity contribution in [2.45, 2.75) is 31.8 Å². The van der Waals surface area contributed by atoms with Crippen LogP contribution in [-0.2, 0) is 13.0 Å². The molecule has 0 atom stereocenters. The minimum Gasteiger partial charge on any atom is -0.366 e. The Morgan fingerprint density at radius 1 is 1.03 bits per heavy atom. The van der Waals surface area contributed by atoms with E-state index in [2.05, 4.69) is 52.6 Å². The fourth-order valence-electron chi connectivity index (χ4n) is 4.72. The summed E-state index contributed by atoms with van der Waals surface area (Å²) < 4.78 is 17.0. The van der Waals surface area contributed by atoms with Crippen molar-refractivity contribution in [2.24, 2.45) is 0 Å². The van der Waals surface area contributed by atoms with Crippen LogP contribution in [0.3, 0.4) is 0 Å². The lowest BCUT2D eigenvalue weighted by atomic mass is 10.0. The number of nitrogens with one attached hydrogen (secondary N) is 3. The zero-order valence-electron chi connectivity index (χ0n) is 20.1. The SMILES string of the molecule is Fc1nc(NCc2ccc(Cl)nc2)ccc1Cc1c[nH]c2ncc(-c3cnn(C4CCNCC4)c3)cc12. The Balaban J connectivity index is 1.18. The second-order valence-electron chi connectivity index (χ2n) is 9.29. The molecular formula is C27H26ClFN8. The molecule has 0 aliphatic carbocycles. The lowest BCUT2D eigenvalue weighted by molar-refractivity contribution is 0.343. The van der Waals surface area contributed by atoms with Gasteiger partial charge in [0.2, 0.25) is 5.95 Å². The van der Waals surface area contributed by atoms with Crippen LogP contribution in [0.15, 0.2) is 61.3 Å². The third kappa shape index (κ3) is 5.19. The molecule has 3 N–H and O–H groups in total. The number of hydrogen-bond donors (Lipinski definition) is 3. The van der Waals surface area contributed by atoms with Crippen molar-refractivity contribution in [3.05, 3.63) is 89.1 Å². The van der Waals surface area contributed by atoms with E-state index in [1.807, 2.05) is 24.7 Å². The number of halogens is 2. The first-order chi connectivity index (χ1) is 18.1. The summed E-state index contributed by atoms with van der Waals surface area (Å²) in [5.41, 5.74) is 5.20. The number of pyridine rings is 3. The van der Waals surface area contributed by atoms with Gasteiger partial charge >= 0.3 is 0 Å². The summed E-state index contributed by atoms with van der Waals surface area (Å²) in [6, 6.07) is 9.66. The first-order valence-electron chi connectivity index (χ1n) is 12.3. The molecule has 1 aliphatic heterocycles. The second-order valence-corrected chi connectivity index (χ2v) is 9.68. The minimum atomic E-state index is -0.499. The maximum absolute atomic E-state index is 14.9. The highest BCUT2D eigenvalue weighted by Crippen LogP contribution is 2.28. The molecule has 0 aromatic carbocycles. The van der Waals surface area contributed by atoms with Crippen LogP contribution in [0.4, 0.5) is 10.2 Å². The van der Waals surface area contributed by atoms with Gasteiger partial charge in [-0.1, -0.05) is 23.7 Å². The first-order valence-corrected chi connectivity index (χ1v) is 12.7. The van der Waals surface area contributed by atoms with Crippen molar-refractivity contribution < 1.29 is 4.39 Å². The molecule has 0 amide bonds. The summed E-state index contributed by atoms with van der Waals surface area (Å²) in [4.78, 5) is 16.0. The van der Waals surface area contributed by atoms with E-state index in [1.165, 1.54) is 0 Å². The van der Waals surface area contributed by atoms with E-state index in [9.17, 15) is 4.39 Å². The molecule has 5 aromatic heterocycles. The number of aromatic nitrogens is 6. The third-order valence-corrected chi connectivity index (χ3v) is 7.03. The molecule has 0 bridgehead atoms. The number of aromatic amines is 1. The van der Waals surface area contributed by atoms with Crippen LogP contribution < -0.4 is 10.6 Å². The molecule has 1 aliphatic rings. The standard InChI is InChI=1S/C27H26ClFN8/c28-24-3-1-17(11-31-24)12-32-25-4-2-18(26(29)36-25)9-20-14-34-27-23(20)10-19(13-33-27)21-15-35-37(16-21)22-5-7-30-8-6-22/h1-4,10-11,13-16,22,30H,5-9,12H2,(H,32,36)(H,33,34). The lowest BCUT2D eigenvalue weighted by Crippen LogP contribution is -2.29. The Morgan fingerprint density at radius 3 is 2.73 bits per heavy atom. The van der Waals surface area contributed by atoms with Gasteiger partial charge in [-0.3, -0.25) is 4.68 Å². The van der Waals surface area contributed by atoms with Gasteiger partial charge in [0.05, 0.1) is 12.2 Å². The molecule has 6 heterocycles. The topological polar surface area (TPSA) is 96.3 Å². The number of piperidine rings is 1. The molecule has 0 spiro atoms. The van der Waals surface area contributed by atoms with E-state index in [1.54, 1.807) is 24.4 Å². The maximum Gasteiger partial charge on any atom is 0.218 e. The first kappa shape index (κ1) is 23.6. The van der Waals surface area contributed by atoms with Gasteiger partial charge in [0.1, 0.15) is 16.6 Å². The van der Waals surface area contributed by atoms with E-state index in [0.29, 0.717) is 35.5 Å². The summed E-state index contributed by atoms with van der Waals surface area (Å²) in [6.07, 6.45) is 12.0. The molecule has 10 heteroatoms. The summed E-state index contributed by atoms with van der Waals surface area (Å²) in [6.45, 7) is 2.51. The average Bonchev–Trinajstić information content (AvgIpc) is 3.58. The Bertz CT molecular complexity index is 1520. The van der Waals surface area contributed by atoms with Gasteiger partial charge in [0.25, 0.3) is 0 Å². The number of anilines is 1. The predicted octanol–water partition coefficient (Wildman–Crippen LogP) is 5.14. The highest BCUT2D eigenvalue weighted by molar-refractivity contribution is 6.29. The molecule has 1 saturated heterocycles. The highest BCUT2D eigenvalue weighted by Gasteiger charge is 2.17. The number of fused-ring (bicyclic) bond motifs is 1. The van der Waals surface area contributed by atoms with Crippen LogP contribution in [0.1, 0.15) is 35.6 Å². The monoisotopic (exact) mass is 516 g/mol. The molecule has 188 valence electrons. The Kier molecular flexibility index (Phi) is 6.55. The lowest BCUT2D eigenvalue weighted by Gasteiger charge is -2.22. The molecule has 0 radical (unpaired) electrons. The number of nitrogens with zero attached hydrogens (tertiary/aromatic N) is 5. The Morgan fingerprint density at radius 2 is 1.92 bits per heavy atom. The summed E-state index contributed by atoms with van der Waals surface area (Å²) in [5.74, 6) is -0.0363. The normalized spacial score (nSPS) is 14.3. The van der Waals surface area contributed by atoms with E-state index < -0.39 is 5.95 Å². The predicted molar refractivity (Wildman–Crippen MR) is 142 cm³/mol. The van der Waals surface area contributed by atoms with Crippen molar-refractivity contribution in [2.75, 3.05) is 18.4 Å². The molecule has 0 saturated carbocycles. The maximum atomic E-state index is 14.9. The van der Waals surface area contributed by atoms with E-state index in [4.69, 9.17) is 11.6 Å². The summed E-state index contributed by atoms with van der Waals surface area (Å²) in [7, 11) is 0. The van der Waals surface area contributed by atoms with Crippen LogP contribution in [0.2, 0.25) is 5.15 Å². The summed E-state index contributed by atoms with van der Waals surface area (Å²) >= 11 is 5.83. The van der Waals surface area contributed by atoms with Crippen LogP contribution >= 0.6 is 11.6 Å². The number of hydrogen-bond acceptors (Lipinski definition) is 6. The van der Waals surface area contributed by atoms with Gasteiger partial charge < -0.3 is 15.6 Å². The smallest absolute Gasteiger partial charge is 0.218 e. The van der Waals surface area contributed by atoms with Gasteiger partial charge in [-0.25, -0.2) is 15.0 Å². The number of rotatable bonds is 7. The quantitative estimate of drug-likeness (QED) is 0.259. The van der Waals surface area contributed by atoms with Crippen LogP contribution in [0.25, 0.3) is 22.2 Å². The van der Waals surface area contributed by atoms with Crippen molar-refractivity contribution in [3.63, 3.8) is 0 Å². The second kappa shape index (κ2) is 10.3. The average molecular weight is 517 g/mol. The summed E-state index contributed by atoms with van der Waals surface area (Å²) in [5, 5.41) is 12.5. The Hall–Kier alpha value is -3.82.